The summed E-state index contributed by atoms with van der Waals surface area (Å²) < 4.78 is 11.4. The molecule has 0 fully saturated rings. The molecule has 0 radical (unpaired) electrons. The minimum absolute atomic E-state index is 0.0765. The molecule has 0 bridgehead atoms. The molecule has 3 aromatic carbocycles. The third-order valence-electron chi connectivity index (χ3n) is 7.78. The quantitative estimate of drug-likeness (QED) is 0.259. The van der Waals surface area contributed by atoms with E-state index in [1.807, 2.05) is 32.0 Å². The van der Waals surface area contributed by atoms with Gasteiger partial charge in [-0.3, -0.25) is 15.0 Å². The topological polar surface area (TPSA) is 131 Å². The number of aryl methyl sites for hydroxylation is 2. The van der Waals surface area contributed by atoms with E-state index < -0.39 is 35.5 Å². The number of ether oxygens (including phenoxy) is 2. The first-order valence-corrected chi connectivity index (χ1v) is 14.4. The van der Waals surface area contributed by atoms with Crippen LogP contribution >= 0.6 is 0 Å². The molecule has 10 heteroatoms. The molecule has 1 aromatic heterocycles. The van der Waals surface area contributed by atoms with Crippen LogP contribution in [0.25, 0.3) is 0 Å². The zero-order chi connectivity index (χ0) is 31.3. The van der Waals surface area contributed by atoms with Gasteiger partial charge in [0.1, 0.15) is 5.54 Å². The average molecular weight is 595 g/mol. The summed E-state index contributed by atoms with van der Waals surface area (Å²) >= 11 is 0. The number of carboxylic acid groups (broad SMARTS) is 1. The Morgan fingerprint density at radius 1 is 0.932 bits per heavy atom. The third-order valence-corrected chi connectivity index (χ3v) is 7.78. The highest BCUT2D eigenvalue weighted by molar-refractivity contribution is 6.03. The van der Waals surface area contributed by atoms with Crippen LogP contribution in [0.5, 0.6) is 6.01 Å². The zero-order valence-corrected chi connectivity index (χ0v) is 24.8. The number of aliphatic carboxylic acids is 1. The number of hydrogen-bond acceptors (Lipinski definition) is 8. The van der Waals surface area contributed by atoms with Crippen LogP contribution < -0.4 is 15.0 Å². The second-order valence-corrected chi connectivity index (χ2v) is 10.3. The molecule has 4 aromatic rings. The average Bonchev–Trinajstić information content (AvgIpc) is 3.19. The van der Waals surface area contributed by atoms with Crippen molar-refractivity contribution in [3.63, 3.8) is 0 Å². The van der Waals surface area contributed by atoms with Gasteiger partial charge in [0, 0.05) is 17.0 Å². The molecule has 1 amide bonds. The van der Waals surface area contributed by atoms with Crippen LogP contribution in [0.2, 0.25) is 0 Å². The molecule has 2 heterocycles. The van der Waals surface area contributed by atoms with E-state index in [0.717, 1.165) is 0 Å². The smallest absolute Gasteiger partial charge is 0.347 e. The van der Waals surface area contributed by atoms with Crippen LogP contribution in [-0.4, -0.2) is 52.7 Å². The largest absolute Gasteiger partial charge is 0.478 e. The predicted octanol–water partition coefficient (Wildman–Crippen LogP) is 4.23. The lowest BCUT2D eigenvalue weighted by atomic mass is 9.77. The van der Waals surface area contributed by atoms with E-state index in [2.05, 4.69) is 15.3 Å². The Morgan fingerprint density at radius 3 is 2.11 bits per heavy atom. The molecule has 0 saturated heterocycles. The molecule has 0 unspecified atom stereocenters. The first-order valence-electron chi connectivity index (χ1n) is 14.4. The highest BCUT2D eigenvalue weighted by atomic mass is 16.5. The van der Waals surface area contributed by atoms with Gasteiger partial charge in [-0.25, -0.2) is 19.6 Å². The monoisotopic (exact) mass is 594 g/mol. The Balaban J connectivity index is 1.77. The highest BCUT2D eigenvalue weighted by Gasteiger charge is 2.53. The number of fused-ring (bicyclic) bond motifs is 1. The van der Waals surface area contributed by atoms with E-state index in [1.165, 1.54) is 12.0 Å². The van der Waals surface area contributed by atoms with Crippen molar-refractivity contribution < 1.29 is 29.0 Å². The third kappa shape index (κ3) is 5.63. The van der Waals surface area contributed by atoms with E-state index in [-0.39, 0.29) is 12.6 Å². The minimum Gasteiger partial charge on any atom is -0.478 e. The standard InChI is InChI=1S/C34H34N4O6/c1-4-24-20-25(5-2)37-33(36-24)44-30(31(40)41)34(23-16-10-7-11-17-23)26-18-12-13-19-27(26)38(28(39)21-35-34)29(32(42)43-3)22-14-8-6-9-15-22/h6-20,29-30,35H,4-5,21H2,1-3H3,(H,40,41)/t29-,30-,34+/m1/s1. The van der Waals surface area contributed by atoms with E-state index in [0.29, 0.717) is 46.6 Å². The van der Waals surface area contributed by atoms with Crippen molar-refractivity contribution >= 4 is 23.5 Å². The van der Waals surface area contributed by atoms with Gasteiger partial charge in [0.2, 0.25) is 12.0 Å². The van der Waals surface area contributed by atoms with Crippen molar-refractivity contribution in [3.8, 4) is 6.01 Å². The lowest BCUT2D eigenvalue weighted by molar-refractivity contribution is -0.149. The Morgan fingerprint density at radius 2 is 1.52 bits per heavy atom. The maximum atomic E-state index is 14.1. The first-order chi connectivity index (χ1) is 21.3. The summed E-state index contributed by atoms with van der Waals surface area (Å²) in [5, 5.41) is 14.1. The molecular weight excluding hydrogens is 560 g/mol. The van der Waals surface area contributed by atoms with Gasteiger partial charge in [0.15, 0.2) is 6.04 Å². The first kappa shape index (κ1) is 30.4. The Hall–Kier alpha value is -5.09. The molecule has 1 aliphatic heterocycles. The number of rotatable bonds is 10. The van der Waals surface area contributed by atoms with Crippen LogP contribution in [-0.2, 0) is 37.5 Å². The van der Waals surface area contributed by atoms with Crippen molar-refractivity contribution in [2.24, 2.45) is 0 Å². The normalized spacial score (nSPS) is 17.6. The zero-order valence-electron chi connectivity index (χ0n) is 24.8. The maximum Gasteiger partial charge on any atom is 0.347 e. The second-order valence-electron chi connectivity index (χ2n) is 10.3. The Bertz CT molecular complexity index is 1630. The Kier molecular flexibility index (Phi) is 9.01. The lowest BCUT2D eigenvalue weighted by Crippen LogP contribution is -2.58. The number of anilines is 1. The van der Waals surface area contributed by atoms with Crippen molar-refractivity contribution in [3.05, 3.63) is 119 Å². The number of hydrogen-bond donors (Lipinski definition) is 2. The highest BCUT2D eigenvalue weighted by Crippen LogP contribution is 2.44. The summed E-state index contributed by atoms with van der Waals surface area (Å²) in [5.41, 5.74) is 1.62. The number of methoxy groups -OCH3 is 1. The fraction of sp³-hybridized carbons (Fsp3) is 0.265. The van der Waals surface area contributed by atoms with Gasteiger partial charge in [0.05, 0.1) is 19.3 Å². The molecular formula is C34H34N4O6. The molecule has 2 N–H and O–H groups in total. The molecule has 1 aliphatic rings. The number of nitrogens with zero attached hydrogens (tertiary/aromatic N) is 3. The molecule has 226 valence electrons. The molecule has 0 spiro atoms. The van der Waals surface area contributed by atoms with Gasteiger partial charge in [-0.2, -0.15) is 0 Å². The molecule has 3 atom stereocenters. The van der Waals surface area contributed by atoms with Crippen molar-refractivity contribution in [2.75, 3.05) is 18.6 Å². The van der Waals surface area contributed by atoms with Crippen molar-refractivity contribution in [1.29, 1.82) is 0 Å². The van der Waals surface area contributed by atoms with E-state index in [1.54, 1.807) is 72.8 Å². The fourth-order valence-corrected chi connectivity index (χ4v) is 5.68. The molecule has 0 saturated carbocycles. The van der Waals surface area contributed by atoms with Crippen LogP contribution in [0.4, 0.5) is 5.69 Å². The van der Waals surface area contributed by atoms with Crippen LogP contribution in [0.15, 0.2) is 91.0 Å². The maximum absolute atomic E-state index is 14.1. The molecule has 44 heavy (non-hydrogen) atoms. The summed E-state index contributed by atoms with van der Waals surface area (Å²) in [6, 6.07) is 25.4. The molecule has 0 aliphatic carbocycles. The fourth-order valence-electron chi connectivity index (χ4n) is 5.68. The summed E-state index contributed by atoms with van der Waals surface area (Å²) in [6.45, 7) is 3.56. The van der Waals surface area contributed by atoms with Gasteiger partial charge in [-0.1, -0.05) is 92.7 Å². The number of benzene rings is 3. The summed E-state index contributed by atoms with van der Waals surface area (Å²) in [4.78, 5) is 51.1. The predicted molar refractivity (Wildman–Crippen MR) is 163 cm³/mol. The lowest BCUT2D eigenvalue weighted by Gasteiger charge is -2.40. The minimum atomic E-state index is -1.64. The van der Waals surface area contributed by atoms with Crippen molar-refractivity contribution in [2.45, 2.75) is 44.4 Å². The SMILES string of the molecule is CCc1cc(CC)nc(O[C@H](C(=O)O)[C@@]2(c3ccccc3)NCC(=O)N([C@@H](C(=O)OC)c3ccccc3)c3ccccc32)n1. The van der Waals surface area contributed by atoms with E-state index >= 15 is 0 Å². The summed E-state index contributed by atoms with van der Waals surface area (Å²) in [7, 11) is 1.27. The number of esters is 1. The van der Waals surface area contributed by atoms with Crippen LogP contribution in [0.3, 0.4) is 0 Å². The number of nitrogens with one attached hydrogen (secondary N) is 1. The van der Waals surface area contributed by atoms with Crippen LogP contribution in [0, 0.1) is 0 Å². The molecule has 5 rings (SSSR count). The number of para-hydroxylation sites is 1. The number of aromatic nitrogens is 2. The number of carbonyl (C=O) groups is 3. The van der Waals surface area contributed by atoms with Crippen LogP contribution in [0.1, 0.15) is 48.0 Å². The van der Waals surface area contributed by atoms with Gasteiger partial charge >= 0.3 is 17.9 Å². The number of carbonyl (C=O) groups excluding carboxylic acids is 2. The van der Waals surface area contributed by atoms with Gasteiger partial charge in [-0.15, -0.1) is 0 Å². The Labute approximate surface area is 255 Å². The number of amides is 1. The summed E-state index contributed by atoms with van der Waals surface area (Å²) in [5.74, 6) is -2.40. The van der Waals surface area contributed by atoms with Gasteiger partial charge < -0.3 is 14.6 Å². The van der Waals surface area contributed by atoms with E-state index in [4.69, 9.17) is 9.47 Å². The van der Waals surface area contributed by atoms with Gasteiger partial charge in [-0.05, 0) is 36.1 Å². The summed E-state index contributed by atoms with van der Waals surface area (Å²) in [6.07, 6.45) is -0.428. The van der Waals surface area contributed by atoms with Crippen molar-refractivity contribution in [1.82, 2.24) is 15.3 Å². The van der Waals surface area contributed by atoms with E-state index in [9.17, 15) is 19.5 Å². The second kappa shape index (κ2) is 13.0. The number of carboxylic acids is 1. The van der Waals surface area contributed by atoms with Gasteiger partial charge in [0.25, 0.3) is 0 Å². The molecule has 10 nitrogen and oxygen atoms in total.